The Bertz CT molecular complexity index is 710. The molecular weight excluding hydrogens is 552 g/mol. The summed E-state index contributed by atoms with van der Waals surface area (Å²) in [6.45, 7) is 1.14. The quantitative estimate of drug-likeness (QED) is 0.0732. The van der Waals surface area contributed by atoms with Gasteiger partial charge < -0.3 is 54.7 Å². The van der Waals surface area contributed by atoms with E-state index in [9.17, 15) is 40.5 Å². The second-order valence-electron chi connectivity index (χ2n) is 11.7. The number of hydrogen-bond acceptors (Lipinski definition) is 12. The number of esters is 1. The fourth-order valence-corrected chi connectivity index (χ4v) is 5.44. The van der Waals surface area contributed by atoms with Gasteiger partial charge in [0.1, 0.15) is 55.4 Å². The lowest BCUT2D eigenvalue weighted by molar-refractivity contribution is -0.355. The van der Waals surface area contributed by atoms with Crippen LogP contribution in [0.2, 0.25) is 0 Å². The number of rotatable bonds is 21. The highest BCUT2D eigenvalue weighted by Gasteiger charge is 2.50. The molecule has 0 aromatic rings. The minimum atomic E-state index is -1.77. The van der Waals surface area contributed by atoms with E-state index in [4.69, 9.17) is 18.9 Å². The zero-order chi connectivity index (χ0) is 30.9. The molecule has 2 fully saturated rings. The molecule has 2 rings (SSSR count). The van der Waals surface area contributed by atoms with Crippen LogP contribution in [-0.2, 0) is 23.7 Å². The molecule has 12 nitrogen and oxygen atoms in total. The van der Waals surface area contributed by atoms with E-state index < -0.39 is 80.6 Å². The van der Waals surface area contributed by atoms with Gasteiger partial charge in [-0.05, 0) is 6.42 Å². The second kappa shape index (κ2) is 20.9. The first kappa shape index (κ1) is 37.3. The normalized spacial score (nSPS) is 33.5. The third kappa shape index (κ3) is 12.6. The summed E-state index contributed by atoms with van der Waals surface area (Å²) in [5, 5.41) is 70.3. The highest BCUT2D eigenvalue weighted by molar-refractivity contribution is 5.69. The number of unbranched alkanes of at least 4 members (excludes halogenated alkanes) is 14. The van der Waals surface area contributed by atoms with Gasteiger partial charge in [-0.3, -0.25) is 4.79 Å². The molecule has 0 saturated carbocycles. The van der Waals surface area contributed by atoms with Crippen molar-refractivity contribution in [1.29, 1.82) is 0 Å². The number of aliphatic hydroxyl groups is 7. The lowest BCUT2D eigenvalue weighted by Crippen LogP contribution is -2.64. The van der Waals surface area contributed by atoms with Crippen molar-refractivity contribution in [3.63, 3.8) is 0 Å². The van der Waals surface area contributed by atoms with Gasteiger partial charge in [0.2, 0.25) is 0 Å². The summed E-state index contributed by atoms with van der Waals surface area (Å²) in [4.78, 5) is 12.2. The van der Waals surface area contributed by atoms with E-state index in [0.29, 0.717) is 6.42 Å². The zero-order valence-electron chi connectivity index (χ0n) is 25.2. The van der Waals surface area contributed by atoms with Gasteiger partial charge in [0.05, 0.1) is 6.61 Å². The molecule has 0 spiro atoms. The summed E-state index contributed by atoms with van der Waals surface area (Å²) >= 11 is 0. The van der Waals surface area contributed by atoms with E-state index in [1.54, 1.807) is 0 Å². The Morgan fingerprint density at radius 3 is 1.67 bits per heavy atom. The minimum absolute atomic E-state index is 0.205. The predicted molar refractivity (Wildman–Crippen MR) is 152 cm³/mol. The van der Waals surface area contributed by atoms with Crippen LogP contribution in [0.15, 0.2) is 0 Å². The summed E-state index contributed by atoms with van der Waals surface area (Å²) in [6.07, 6.45) is 2.58. The fraction of sp³-hybridized carbons (Fsp3) is 0.967. The maximum Gasteiger partial charge on any atom is 0.305 e. The van der Waals surface area contributed by atoms with Crippen LogP contribution < -0.4 is 0 Å². The Morgan fingerprint density at radius 1 is 0.619 bits per heavy atom. The van der Waals surface area contributed by atoms with Gasteiger partial charge in [-0.1, -0.05) is 96.8 Å². The molecule has 2 heterocycles. The van der Waals surface area contributed by atoms with Crippen LogP contribution in [0.3, 0.4) is 0 Å². The van der Waals surface area contributed by atoms with Crippen molar-refractivity contribution in [1.82, 2.24) is 0 Å². The van der Waals surface area contributed by atoms with E-state index >= 15 is 0 Å². The van der Waals surface area contributed by atoms with Crippen LogP contribution in [0.5, 0.6) is 0 Å². The molecule has 42 heavy (non-hydrogen) atoms. The maximum atomic E-state index is 12.2. The molecule has 0 aromatic heterocycles. The first-order chi connectivity index (χ1) is 20.2. The van der Waals surface area contributed by atoms with E-state index in [2.05, 4.69) is 6.92 Å². The Morgan fingerprint density at radius 2 is 1.14 bits per heavy atom. The Balaban J connectivity index is 1.60. The first-order valence-electron chi connectivity index (χ1n) is 16.0. The SMILES string of the molecule is CCCCCCCCCCCCCCCCCC(=O)OC[C@H]1O[C@@H](O[C@H]2[C@H](O)[C@@H](O)[C@@H](O)O[C@@H]2CO)[C@H](O)[C@@H](O)[C@H]1O. The predicted octanol–water partition coefficient (Wildman–Crippen LogP) is 1.42. The van der Waals surface area contributed by atoms with Crippen LogP contribution in [0.25, 0.3) is 0 Å². The van der Waals surface area contributed by atoms with E-state index in [0.717, 1.165) is 19.3 Å². The Labute approximate surface area is 249 Å². The van der Waals surface area contributed by atoms with E-state index in [-0.39, 0.29) is 6.42 Å². The minimum Gasteiger partial charge on any atom is -0.463 e. The highest BCUT2D eigenvalue weighted by Crippen LogP contribution is 2.29. The molecule has 0 bridgehead atoms. The van der Waals surface area contributed by atoms with Gasteiger partial charge in [0.25, 0.3) is 0 Å². The molecule has 2 aliphatic rings. The average molecular weight is 609 g/mol. The molecule has 0 aliphatic carbocycles. The molecule has 0 unspecified atom stereocenters. The monoisotopic (exact) mass is 608 g/mol. The molecule has 2 saturated heterocycles. The lowest BCUT2D eigenvalue weighted by atomic mass is 9.97. The van der Waals surface area contributed by atoms with Crippen molar-refractivity contribution in [3.05, 3.63) is 0 Å². The third-order valence-electron chi connectivity index (χ3n) is 8.19. The smallest absolute Gasteiger partial charge is 0.305 e. The summed E-state index contributed by atoms with van der Waals surface area (Å²) in [6, 6.07) is 0. The molecule has 0 aromatic carbocycles. The molecule has 2 aliphatic heterocycles. The molecule has 0 radical (unpaired) electrons. The topological polar surface area (TPSA) is 196 Å². The van der Waals surface area contributed by atoms with Gasteiger partial charge in [0.15, 0.2) is 12.6 Å². The van der Waals surface area contributed by atoms with Crippen LogP contribution in [-0.4, -0.2) is 116 Å². The second-order valence-corrected chi connectivity index (χ2v) is 11.7. The molecular formula is C30H56O12. The van der Waals surface area contributed by atoms with Crippen molar-refractivity contribution >= 4 is 5.97 Å². The molecule has 7 N–H and O–H groups in total. The number of ether oxygens (including phenoxy) is 4. The molecule has 12 heteroatoms. The zero-order valence-corrected chi connectivity index (χ0v) is 25.2. The summed E-state index contributed by atoms with van der Waals surface area (Å²) < 4.78 is 21.3. The lowest BCUT2D eigenvalue weighted by Gasteiger charge is -2.45. The van der Waals surface area contributed by atoms with Crippen molar-refractivity contribution in [3.8, 4) is 0 Å². The molecule has 0 amide bonds. The molecule has 248 valence electrons. The van der Waals surface area contributed by atoms with Gasteiger partial charge in [-0.2, -0.15) is 0 Å². The number of carbonyl (C=O) groups excluding carboxylic acids is 1. The largest absolute Gasteiger partial charge is 0.463 e. The fourth-order valence-electron chi connectivity index (χ4n) is 5.44. The first-order valence-corrected chi connectivity index (χ1v) is 16.0. The number of hydrogen-bond donors (Lipinski definition) is 7. The highest BCUT2D eigenvalue weighted by atomic mass is 16.7. The van der Waals surface area contributed by atoms with Crippen molar-refractivity contribution in [2.75, 3.05) is 13.2 Å². The maximum absolute atomic E-state index is 12.2. The van der Waals surface area contributed by atoms with Crippen LogP contribution >= 0.6 is 0 Å². The van der Waals surface area contributed by atoms with E-state index in [1.165, 1.54) is 70.6 Å². The standard InChI is InChI=1S/C30H56O12/c1-2-3-4-5-6-7-8-9-10-11-12-13-14-15-16-17-22(32)39-19-21-23(33)24(34)27(37)30(41-21)42-28-20(18-31)40-29(38)26(36)25(28)35/h20-21,23-31,33-38H,2-19H2,1H3/t20-,21-,23+,24+,25-,26-,27-,28-,29+,30+/m1/s1. The number of aliphatic hydroxyl groups excluding tert-OH is 7. The van der Waals surface area contributed by atoms with Gasteiger partial charge >= 0.3 is 5.97 Å². The summed E-state index contributed by atoms with van der Waals surface area (Å²) in [5.74, 6) is -0.480. The van der Waals surface area contributed by atoms with Gasteiger partial charge in [0, 0.05) is 6.42 Å². The number of carbonyl (C=O) groups is 1. The van der Waals surface area contributed by atoms with Gasteiger partial charge in [-0.25, -0.2) is 0 Å². The van der Waals surface area contributed by atoms with Crippen molar-refractivity contribution in [2.24, 2.45) is 0 Å². The van der Waals surface area contributed by atoms with Crippen LogP contribution in [0, 0.1) is 0 Å². The molecule has 10 atom stereocenters. The summed E-state index contributed by atoms with van der Waals surface area (Å²) in [5.41, 5.74) is 0. The Kier molecular flexibility index (Phi) is 18.6. The summed E-state index contributed by atoms with van der Waals surface area (Å²) in [7, 11) is 0. The average Bonchev–Trinajstić information content (AvgIpc) is 2.98. The van der Waals surface area contributed by atoms with Crippen molar-refractivity contribution < 1.29 is 59.5 Å². The van der Waals surface area contributed by atoms with E-state index in [1.807, 2.05) is 0 Å². The van der Waals surface area contributed by atoms with Gasteiger partial charge in [-0.15, -0.1) is 0 Å². The Hall–Kier alpha value is -0.930. The third-order valence-corrected chi connectivity index (χ3v) is 8.19. The van der Waals surface area contributed by atoms with Crippen LogP contribution in [0.1, 0.15) is 110 Å². The van der Waals surface area contributed by atoms with Crippen molar-refractivity contribution in [2.45, 2.75) is 171 Å². The van der Waals surface area contributed by atoms with Crippen LogP contribution in [0.4, 0.5) is 0 Å².